The predicted octanol–water partition coefficient (Wildman–Crippen LogP) is 7.09. The lowest BCUT2D eigenvalue weighted by molar-refractivity contribution is -0.141. The third-order valence-corrected chi connectivity index (χ3v) is 7.28. The van der Waals surface area contributed by atoms with Gasteiger partial charge >= 0.3 is 11.9 Å². The lowest BCUT2D eigenvalue weighted by Gasteiger charge is -2.14. The molecule has 0 aliphatic heterocycles. The van der Waals surface area contributed by atoms with Gasteiger partial charge in [0.2, 0.25) is 0 Å². The quantitative estimate of drug-likeness (QED) is 0.233. The Bertz CT molecular complexity index is 2110. The summed E-state index contributed by atoms with van der Waals surface area (Å²) in [6.07, 6.45) is -0.235. The van der Waals surface area contributed by atoms with Gasteiger partial charge in [0.05, 0.1) is 22.8 Å². The molecule has 0 saturated heterocycles. The molecule has 3 aromatic carbocycles. The van der Waals surface area contributed by atoms with Crippen molar-refractivity contribution in [1.82, 2.24) is 24.3 Å². The smallest absolute Gasteiger partial charge is 0.306 e. The first-order valence-corrected chi connectivity index (χ1v) is 13.5. The molecule has 0 spiro atoms. The Morgan fingerprint density at radius 2 is 1.74 bits per heavy atom. The van der Waals surface area contributed by atoms with Crippen molar-refractivity contribution in [2.24, 2.45) is 5.92 Å². The summed E-state index contributed by atoms with van der Waals surface area (Å²) in [4.78, 5) is 33.8. The van der Waals surface area contributed by atoms with Gasteiger partial charge in [-0.3, -0.25) is 14.5 Å². The zero-order chi connectivity index (χ0) is 29.8. The molecular weight excluding hydrogens is 567 g/mol. The van der Waals surface area contributed by atoms with E-state index < -0.39 is 23.1 Å². The van der Waals surface area contributed by atoms with E-state index in [1.807, 2.05) is 26.0 Å². The number of aromatic amines is 1. The lowest BCUT2D eigenvalue weighted by atomic mass is 9.94. The molecule has 3 aromatic heterocycles. The van der Waals surface area contributed by atoms with Gasteiger partial charge in [0, 0.05) is 45.9 Å². The van der Waals surface area contributed by atoms with E-state index in [0.29, 0.717) is 28.7 Å². The molecule has 11 heteroatoms. The minimum absolute atomic E-state index is 0.0729. The number of pyridine rings is 1. The maximum atomic E-state index is 14.1. The lowest BCUT2D eigenvalue weighted by Crippen LogP contribution is -2.33. The molecule has 0 unspecified atom stereocenters. The molecule has 0 amide bonds. The molecule has 0 aliphatic rings. The third-order valence-electron chi connectivity index (χ3n) is 6.96. The molecule has 3 heterocycles. The van der Waals surface area contributed by atoms with Crippen LogP contribution in [-0.2, 0) is 12.7 Å². The fourth-order valence-corrected chi connectivity index (χ4v) is 5.49. The highest BCUT2D eigenvalue weighted by Crippen LogP contribution is 2.43. The molecule has 42 heavy (non-hydrogen) atoms. The van der Waals surface area contributed by atoms with Crippen LogP contribution in [0.3, 0.4) is 0 Å². The van der Waals surface area contributed by atoms with Crippen LogP contribution in [0.2, 0.25) is 5.02 Å². The highest BCUT2D eigenvalue weighted by atomic mass is 35.5. The second-order valence-corrected chi connectivity index (χ2v) is 10.8. The van der Waals surface area contributed by atoms with Crippen LogP contribution in [0.15, 0.2) is 88.8 Å². The minimum atomic E-state index is -4.70. The molecule has 0 bridgehead atoms. The van der Waals surface area contributed by atoms with E-state index in [4.69, 9.17) is 11.6 Å². The summed E-state index contributed by atoms with van der Waals surface area (Å²) >= 11 is 6.59. The topological polar surface area (TPSA) is 85.6 Å². The van der Waals surface area contributed by atoms with Crippen molar-refractivity contribution in [3.8, 4) is 27.9 Å². The molecular formula is C31H23ClF3N5O2. The first-order chi connectivity index (χ1) is 20.0. The average Bonchev–Trinajstić information content (AvgIpc) is 3.36. The zero-order valence-corrected chi connectivity index (χ0v) is 23.2. The standard InChI is InChI=1S/C31H23ClF3N5O2/c1-17(2)15-39-16-23(28(38-39)31(33,34)35)21-8-5-9-24(32)27(21)18-10-11-22-25(12-18)37-30(42)40(29(22)41)26-14-36-13-19-6-3-4-7-20(19)26/h3-14,16-17H,15H2,1-2H3,(H,37,42). The van der Waals surface area contributed by atoms with E-state index in [1.165, 1.54) is 23.1 Å². The van der Waals surface area contributed by atoms with E-state index in [9.17, 15) is 22.8 Å². The number of hydrogen-bond acceptors (Lipinski definition) is 4. The molecule has 1 N–H and O–H groups in total. The van der Waals surface area contributed by atoms with E-state index in [2.05, 4.69) is 15.1 Å². The fraction of sp³-hybridized carbons (Fsp3) is 0.161. The summed E-state index contributed by atoms with van der Waals surface area (Å²) in [5.74, 6) is 0.0729. The highest BCUT2D eigenvalue weighted by Gasteiger charge is 2.38. The van der Waals surface area contributed by atoms with Crippen molar-refractivity contribution in [3.05, 3.63) is 111 Å². The van der Waals surface area contributed by atoms with Crippen molar-refractivity contribution in [1.29, 1.82) is 0 Å². The minimum Gasteiger partial charge on any atom is -0.306 e. The van der Waals surface area contributed by atoms with Crippen molar-refractivity contribution < 1.29 is 13.2 Å². The van der Waals surface area contributed by atoms with E-state index in [1.54, 1.807) is 48.7 Å². The Morgan fingerprint density at radius 1 is 0.952 bits per heavy atom. The Kier molecular flexibility index (Phi) is 6.73. The molecule has 0 saturated carbocycles. The first kappa shape index (κ1) is 27.5. The highest BCUT2D eigenvalue weighted by molar-refractivity contribution is 6.34. The monoisotopic (exact) mass is 589 g/mol. The van der Waals surface area contributed by atoms with Crippen molar-refractivity contribution >= 4 is 33.3 Å². The number of nitrogens with zero attached hydrogens (tertiary/aromatic N) is 4. The molecule has 7 nitrogen and oxygen atoms in total. The second kappa shape index (κ2) is 10.3. The van der Waals surface area contributed by atoms with Gasteiger partial charge in [0.1, 0.15) is 0 Å². The average molecular weight is 590 g/mol. The van der Waals surface area contributed by atoms with Gasteiger partial charge in [-0.2, -0.15) is 18.3 Å². The van der Waals surface area contributed by atoms with Crippen LogP contribution in [-0.4, -0.2) is 24.3 Å². The molecule has 0 fully saturated rings. The molecule has 0 radical (unpaired) electrons. The Morgan fingerprint density at radius 3 is 2.50 bits per heavy atom. The van der Waals surface area contributed by atoms with Crippen LogP contribution in [0.5, 0.6) is 0 Å². The van der Waals surface area contributed by atoms with Crippen LogP contribution in [0.25, 0.3) is 49.6 Å². The predicted molar refractivity (Wildman–Crippen MR) is 157 cm³/mol. The zero-order valence-electron chi connectivity index (χ0n) is 22.4. The van der Waals surface area contributed by atoms with Crippen LogP contribution < -0.4 is 11.2 Å². The summed E-state index contributed by atoms with van der Waals surface area (Å²) < 4.78 is 44.6. The number of benzene rings is 3. The maximum Gasteiger partial charge on any atom is 0.435 e. The summed E-state index contributed by atoms with van der Waals surface area (Å²) in [6.45, 7) is 4.08. The Hall–Kier alpha value is -4.70. The van der Waals surface area contributed by atoms with Gasteiger partial charge in [0.15, 0.2) is 5.69 Å². The third kappa shape index (κ3) is 4.77. The SMILES string of the molecule is CC(C)Cn1cc(-c2cccc(Cl)c2-c2ccc3c(=O)n(-c4cncc5ccccc45)c(=O)[nH]c3c2)c(C(F)(F)F)n1. The van der Waals surface area contributed by atoms with E-state index in [-0.39, 0.29) is 33.0 Å². The largest absolute Gasteiger partial charge is 0.435 e. The number of fused-ring (bicyclic) bond motifs is 2. The molecule has 212 valence electrons. The molecule has 0 aliphatic carbocycles. The van der Waals surface area contributed by atoms with E-state index >= 15 is 0 Å². The molecule has 0 atom stereocenters. The number of aromatic nitrogens is 5. The number of H-pyrrole nitrogens is 1. The summed E-state index contributed by atoms with van der Waals surface area (Å²) in [6, 6.07) is 16.6. The maximum absolute atomic E-state index is 14.1. The number of hydrogen-bond donors (Lipinski definition) is 1. The van der Waals surface area contributed by atoms with Crippen molar-refractivity contribution in [2.75, 3.05) is 0 Å². The fourth-order valence-electron chi connectivity index (χ4n) is 5.21. The number of rotatable bonds is 5. The number of halogens is 4. The van der Waals surface area contributed by atoms with Crippen LogP contribution in [0, 0.1) is 5.92 Å². The van der Waals surface area contributed by atoms with Gasteiger partial charge in [-0.15, -0.1) is 0 Å². The van der Waals surface area contributed by atoms with Crippen molar-refractivity contribution in [3.63, 3.8) is 0 Å². The number of nitrogens with one attached hydrogen (secondary N) is 1. The van der Waals surface area contributed by atoms with Gasteiger partial charge < -0.3 is 4.98 Å². The van der Waals surface area contributed by atoms with Crippen molar-refractivity contribution in [2.45, 2.75) is 26.6 Å². The Labute approximate surface area is 241 Å². The molecule has 6 rings (SSSR count). The number of alkyl halides is 3. The Balaban J connectivity index is 1.54. The van der Waals surface area contributed by atoms with Crippen LogP contribution >= 0.6 is 11.6 Å². The van der Waals surface area contributed by atoms with Gasteiger partial charge in [-0.25, -0.2) is 9.36 Å². The first-order valence-electron chi connectivity index (χ1n) is 13.1. The van der Waals surface area contributed by atoms with E-state index in [0.717, 1.165) is 9.95 Å². The normalized spacial score (nSPS) is 12.1. The summed E-state index contributed by atoms with van der Waals surface area (Å²) in [7, 11) is 0. The summed E-state index contributed by atoms with van der Waals surface area (Å²) in [5, 5.41) is 5.70. The molecule has 6 aromatic rings. The van der Waals surface area contributed by atoms with Gasteiger partial charge in [0.25, 0.3) is 5.56 Å². The van der Waals surface area contributed by atoms with Crippen LogP contribution in [0.4, 0.5) is 13.2 Å². The van der Waals surface area contributed by atoms with Gasteiger partial charge in [-0.05, 0) is 35.2 Å². The van der Waals surface area contributed by atoms with Gasteiger partial charge in [-0.1, -0.05) is 67.9 Å². The van der Waals surface area contributed by atoms with Crippen LogP contribution in [0.1, 0.15) is 19.5 Å². The summed E-state index contributed by atoms with van der Waals surface area (Å²) in [5.41, 5.74) is -0.876. The second-order valence-electron chi connectivity index (χ2n) is 10.4.